The maximum absolute atomic E-state index is 12.1. The van der Waals surface area contributed by atoms with Gasteiger partial charge in [0.15, 0.2) is 0 Å². The van der Waals surface area contributed by atoms with E-state index >= 15 is 0 Å². The van der Waals surface area contributed by atoms with Gasteiger partial charge in [-0.05, 0) is 36.7 Å². The van der Waals surface area contributed by atoms with E-state index < -0.39 is 5.97 Å². The molecule has 0 radical (unpaired) electrons. The molecule has 0 saturated heterocycles. The van der Waals surface area contributed by atoms with Crippen LogP contribution in [0.5, 0.6) is 11.6 Å². The second-order valence-electron chi connectivity index (χ2n) is 4.29. The summed E-state index contributed by atoms with van der Waals surface area (Å²) in [5.41, 5.74) is 6.85. The van der Waals surface area contributed by atoms with Gasteiger partial charge in [0, 0.05) is 6.07 Å². The van der Waals surface area contributed by atoms with Gasteiger partial charge in [0.2, 0.25) is 5.88 Å². The fourth-order valence-corrected chi connectivity index (χ4v) is 1.95. The molecule has 0 amide bonds. The first-order valence-corrected chi connectivity index (χ1v) is 6.73. The van der Waals surface area contributed by atoms with Crippen molar-refractivity contribution in [3.05, 3.63) is 52.7 Å². The summed E-state index contributed by atoms with van der Waals surface area (Å²) in [6.45, 7) is 0.578. The summed E-state index contributed by atoms with van der Waals surface area (Å²) in [7, 11) is 1.45. The van der Waals surface area contributed by atoms with Crippen molar-refractivity contribution < 1.29 is 14.3 Å². The summed E-state index contributed by atoms with van der Waals surface area (Å²) >= 11 is 5.82. The molecule has 21 heavy (non-hydrogen) atoms. The Hall–Kier alpha value is -2.11. The van der Waals surface area contributed by atoms with Gasteiger partial charge in [-0.25, -0.2) is 9.78 Å². The molecular formula is C15H15ClN2O3. The number of pyridine rings is 1. The van der Waals surface area contributed by atoms with Crippen LogP contribution in [0.3, 0.4) is 0 Å². The Morgan fingerprint density at radius 1 is 1.29 bits per heavy atom. The number of nitrogens with two attached hydrogens (primary N) is 1. The molecule has 0 aliphatic rings. The first-order chi connectivity index (χ1) is 10.1. The monoisotopic (exact) mass is 306 g/mol. The predicted molar refractivity (Wildman–Crippen MR) is 80.0 cm³/mol. The summed E-state index contributed by atoms with van der Waals surface area (Å²) in [4.78, 5) is 16.0. The highest BCUT2D eigenvalue weighted by Crippen LogP contribution is 2.19. The summed E-state index contributed by atoms with van der Waals surface area (Å²) in [6.07, 6.45) is 0.783. The lowest BCUT2D eigenvalue weighted by Gasteiger charge is -2.07. The Morgan fingerprint density at radius 2 is 2.00 bits per heavy atom. The zero-order chi connectivity index (χ0) is 15.2. The van der Waals surface area contributed by atoms with Crippen molar-refractivity contribution in [3.8, 4) is 11.6 Å². The van der Waals surface area contributed by atoms with Gasteiger partial charge in [0.25, 0.3) is 0 Å². The molecule has 2 rings (SSSR count). The highest BCUT2D eigenvalue weighted by Gasteiger charge is 2.12. The topological polar surface area (TPSA) is 74.4 Å². The number of hydrogen-bond donors (Lipinski definition) is 1. The van der Waals surface area contributed by atoms with E-state index in [0.29, 0.717) is 12.3 Å². The Labute approximate surface area is 127 Å². The van der Waals surface area contributed by atoms with Crippen molar-refractivity contribution >= 4 is 17.6 Å². The molecule has 1 heterocycles. The molecule has 0 aliphatic heterocycles. The number of rotatable bonds is 5. The first kappa shape index (κ1) is 15.3. The number of halogens is 1. The third kappa shape index (κ3) is 4.18. The third-order valence-corrected chi connectivity index (χ3v) is 2.98. The molecule has 110 valence electrons. The second kappa shape index (κ2) is 7.06. The number of nitrogens with zero attached hydrogens (tertiary/aromatic N) is 1. The van der Waals surface area contributed by atoms with Crippen molar-refractivity contribution in [3.63, 3.8) is 0 Å². The molecule has 0 saturated carbocycles. The van der Waals surface area contributed by atoms with Gasteiger partial charge in [-0.2, -0.15) is 0 Å². The summed E-state index contributed by atoms with van der Waals surface area (Å²) < 4.78 is 10.2. The minimum absolute atomic E-state index is 0.166. The first-order valence-electron chi connectivity index (χ1n) is 6.35. The lowest BCUT2D eigenvalue weighted by atomic mass is 10.1. The van der Waals surface area contributed by atoms with Crippen LogP contribution in [0.1, 0.15) is 15.9 Å². The third-order valence-electron chi connectivity index (χ3n) is 2.78. The highest BCUT2D eigenvalue weighted by atomic mass is 35.5. The maximum atomic E-state index is 12.1. The second-order valence-corrected chi connectivity index (χ2v) is 4.68. The van der Waals surface area contributed by atoms with E-state index in [1.807, 2.05) is 12.1 Å². The summed E-state index contributed by atoms with van der Waals surface area (Å²) in [6, 6.07) is 10.1. The molecule has 1 aromatic heterocycles. The van der Waals surface area contributed by atoms with Crippen molar-refractivity contribution in [2.75, 3.05) is 13.7 Å². The number of benzene rings is 1. The molecule has 0 fully saturated rings. The largest absolute Gasteiger partial charge is 0.481 e. The highest BCUT2D eigenvalue weighted by molar-refractivity contribution is 6.29. The van der Waals surface area contributed by atoms with Crippen LogP contribution in [0.4, 0.5) is 0 Å². The Bertz CT molecular complexity index is 629. The molecule has 0 bridgehead atoms. The van der Waals surface area contributed by atoms with Gasteiger partial charge in [0.1, 0.15) is 10.9 Å². The average molecular weight is 307 g/mol. The van der Waals surface area contributed by atoms with Gasteiger partial charge in [-0.3, -0.25) is 0 Å². The maximum Gasteiger partial charge on any atom is 0.343 e. The minimum Gasteiger partial charge on any atom is -0.481 e. The van der Waals surface area contributed by atoms with Gasteiger partial charge < -0.3 is 15.2 Å². The average Bonchev–Trinajstić information content (AvgIpc) is 2.48. The summed E-state index contributed by atoms with van der Waals surface area (Å²) in [5, 5.41) is 0.166. The lowest BCUT2D eigenvalue weighted by Crippen LogP contribution is -2.09. The Morgan fingerprint density at radius 3 is 2.62 bits per heavy atom. The van der Waals surface area contributed by atoms with E-state index in [4.69, 9.17) is 26.8 Å². The smallest absolute Gasteiger partial charge is 0.343 e. The fraction of sp³-hybridized carbons (Fsp3) is 0.200. The molecule has 0 aliphatic carbocycles. The number of methoxy groups -OCH3 is 1. The van der Waals surface area contributed by atoms with E-state index in [0.717, 1.165) is 12.0 Å². The fourth-order valence-electron chi connectivity index (χ4n) is 1.75. The SMILES string of the molecule is COc1cc(C(=O)Oc2ccc(CCN)cc2)cc(Cl)n1. The van der Waals surface area contributed by atoms with Gasteiger partial charge in [-0.1, -0.05) is 23.7 Å². The van der Waals surface area contributed by atoms with Crippen LogP contribution in [-0.2, 0) is 6.42 Å². The van der Waals surface area contributed by atoms with Crippen LogP contribution in [0.2, 0.25) is 5.15 Å². The molecule has 2 aromatic rings. The number of esters is 1. The number of aromatic nitrogens is 1. The van der Waals surface area contributed by atoms with Crippen molar-refractivity contribution in [1.82, 2.24) is 4.98 Å². The van der Waals surface area contributed by atoms with Gasteiger partial charge in [-0.15, -0.1) is 0 Å². The quantitative estimate of drug-likeness (QED) is 0.522. The Kier molecular flexibility index (Phi) is 5.14. The van der Waals surface area contributed by atoms with Crippen LogP contribution in [0, 0.1) is 0 Å². The van der Waals surface area contributed by atoms with E-state index in [-0.39, 0.29) is 16.6 Å². The van der Waals surface area contributed by atoms with E-state index in [1.54, 1.807) is 12.1 Å². The number of carbonyl (C=O) groups excluding carboxylic acids is 1. The van der Waals surface area contributed by atoms with E-state index in [9.17, 15) is 4.79 Å². The molecule has 5 nitrogen and oxygen atoms in total. The zero-order valence-corrected chi connectivity index (χ0v) is 12.3. The lowest BCUT2D eigenvalue weighted by molar-refractivity contribution is 0.0734. The van der Waals surface area contributed by atoms with Crippen LogP contribution in [0.15, 0.2) is 36.4 Å². The van der Waals surface area contributed by atoms with E-state index in [1.165, 1.54) is 19.2 Å². The minimum atomic E-state index is -0.524. The summed E-state index contributed by atoms with van der Waals surface area (Å²) in [5.74, 6) is 0.185. The molecule has 6 heteroatoms. The van der Waals surface area contributed by atoms with Crippen LogP contribution in [-0.4, -0.2) is 24.6 Å². The standard InChI is InChI=1S/C15H15ClN2O3/c1-20-14-9-11(8-13(16)18-14)15(19)21-12-4-2-10(3-5-12)6-7-17/h2-5,8-9H,6-7,17H2,1H3. The predicted octanol–water partition coefficient (Wildman–Crippen LogP) is 2.46. The molecule has 0 unspecified atom stereocenters. The zero-order valence-electron chi connectivity index (χ0n) is 11.5. The molecular weight excluding hydrogens is 292 g/mol. The molecule has 2 N–H and O–H groups in total. The van der Waals surface area contributed by atoms with E-state index in [2.05, 4.69) is 4.98 Å². The molecule has 0 atom stereocenters. The van der Waals surface area contributed by atoms with Crippen molar-refractivity contribution in [1.29, 1.82) is 0 Å². The van der Waals surface area contributed by atoms with Crippen molar-refractivity contribution in [2.24, 2.45) is 5.73 Å². The molecule has 0 spiro atoms. The molecule has 1 aromatic carbocycles. The normalized spacial score (nSPS) is 10.2. The van der Waals surface area contributed by atoms with Gasteiger partial charge in [0.05, 0.1) is 12.7 Å². The van der Waals surface area contributed by atoms with Crippen LogP contribution in [0.25, 0.3) is 0 Å². The van der Waals surface area contributed by atoms with Crippen LogP contribution < -0.4 is 15.2 Å². The van der Waals surface area contributed by atoms with Crippen LogP contribution >= 0.6 is 11.6 Å². The Balaban J connectivity index is 2.12. The number of ether oxygens (including phenoxy) is 2. The van der Waals surface area contributed by atoms with Gasteiger partial charge >= 0.3 is 5.97 Å². The number of hydrogen-bond acceptors (Lipinski definition) is 5. The van der Waals surface area contributed by atoms with Crippen molar-refractivity contribution in [2.45, 2.75) is 6.42 Å². The number of carbonyl (C=O) groups is 1.